The fraction of sp³-hybridized carbons (Fsp3) is 0.333. The van der Waals surface area contributed by atoms with Crippen molar-refractivity contribution in [3.8, 4) is 0 Å². The molecule has 0 amide bonds. The van der Waals surface area contributed by atoms with Crippen molar-refractivity contribution in [2.75, 3.05) is 12.3 Å². The summed E-state index contributed by atoms with van der Waals surface area (Å²) in [6.45, 7) is 0.000540. The molecule has 0 unspecified atom stereocenters. The van der Waals surface area contributed by atoms with E-state index in [9.17, 15) is 0 Å². The maximum Gasteiger partial charge on any atom is 0.196 e. The van der Waals surface area contributed by atoms with E-state index in [2.05, 4.69) is 15.2 Å². The lowest BCUT2D eigenvalue weighted by molar-refractivity contribution is 0.103. The number of aliphatic hydroxyl groups is 1. The third kappa shape index (κ3) is 1.18. The second-order valence-electron chi connectivity index (χ2n) is 3.62. The van der Waals surface area contributed by atoms with E-state index in [1.54, 1.807) is 10.9 Å². The Hall–Kier alpha value is -2.02. The lowest BCUT2D eigenvalue weighted by Crippen LogP contribution is -2.12. The van der Waals surface area contributed by atoms with Crippen LogP contribution in [0.15, 0.2) is 12.4 Å². The van der Waals surface area contributed by atoms with E-state index < -0.39 is 0 Å². The van der Waals surface area contributed by atoms with Crippen molar-refractivity contribution in [2.45, 2.75) is 12.5 Å². The predicted molar refractivity (Wildman–Crippen MR) is 57.1 cm³/mol. The Bertz CT molecular complexity index is 555. The highest BCUT2D eigenvalue weighted by Crippen LogP contribution is 2.25. The van der Waals surface area contributed by atoms with Gasteiger partial charge in [0.2, 0.25) is 0 Å². The summed E-state index contributed by atoms with van der Waals surface area (Å²) in [6, 6.07) is 0. The van der Waals surface area contributed by atoms with Gasteiger partial charge in [-0.3, -0.25) is 9.67 Å². The van der Waals surface area contributed by atoms with Gasteiger partial charge in [0.15, 0.2) is 17.0 Å². The fourth-order valence-corrected chi connectivity index (χ4v) is 1.73. The van der Waals surface area contributed by atoms with Gasteiger partial charge in [-0.2, -0.15) is 5.10 Å². The van der Waals surface area contributed by atoms with Crippen molar-refractivity contribution < 1.29 is 9.84 Å². The van der Waals surface area contributed by atoms with Gasteiger partial charge in [0.1, 0.15) is 18.2 Å². The molecule has 0 radical (unpaired) electrons. The summed E-state index contributed by atoms with van der Waals surface area (Å²) in [5, 5.41) is 15.7. The van der Waals surface area contributed by atoms with Crippen molar-refractivity contribution in [1.82, 2.24) is 19.7 Å². The van der Waals surface area contributed by atoms with Crippen molar-refractivity contribution in [3.05, 3.63) is 12.4 Å². The number of ether oxygens (including phenoxy) is 1. The number of aromatic amines is 1. The van der Waals surface area contributed by atoms with Crippen LogP contribution in [-0.4, -0.2) is 37.6 Å². The second-order valence-corrected chi connectivity index (χ2v) is 3.62. The Labute approximate surface area is 90.5 Å². The van der Waals surface area contributed by atoms with Crippen molar-refractivity contribution in [1.29, 1.82) is 0 Å². The number of nitrogens with two attached hydrogens (primary N) is 1. The van der Waals surface area contributed by atoms with Crippen LogP contribution in [0.3, 0.4) is 0 Å². The van der Waals surface area contributed by atoms with Crippen LogP contribution in [-0.2, 0) is 4.74 Å². The predicted octanol–water partition coefficient (Wildman–Crippen LogP) is -0.0788. The first kappa shape index (κ1) is 9.22. The molecule has 0 aromatic carbocycles. The quantitative estimate of drug-likeness (QED) is 0.658. The monoisotopic (exact) mass is 221 g/mol. The Morgan fingerprint density at radius 1 is 1.69 bits per heavy atom. The highest BCUT2D eigenvalue weighted by molar-refractivity contribution is 5.84. The molecule has 1 aliphatic heterocycles. The van der Waals surface area contributed by atoms with Gasteiger partial charge in [-0.05, 0) is 6.08 Å². The molecule has 7 heteroatoms. The lowest BCUT2D eigenvalue weighted by Gasteiger charge is -2.10. The minimum atomic E-state index is -0.177. The van der Waals surface area contributed by atoms with Gasteiger partial charge in [0.05, 0.1) is 6.61 Å². The van der Waals surface area contributed by atoms with Crippen LogP contribution >= 0.6 is 0 Å². The Morgan fingerprint density at radius 3 is 3.31 bits per heavy atom. The van der Waals surface area contributed by atoms with Gasteiger partial charge in [-0.15, -0.1) is 0 Å². The van der Waals surface area contributed by atoms with Crippen molar-refractivity contribution in [3.63, 3.8) is 0 Å². The van der Waals surface area contributed by atoms with Gasteiger partial charge in [-0.1, -0.05) is 0 Å². The summed E-state index contributed by atoms with van der Waals surface area (Å²) < 4.78 is 7.22. The molecular formula is C9H11N5O2. The molecule has 4 N–H and O–H groups in total. The first-order valence-electron chi connectivity index (χ1n) is 4.94. The van der Waals surface area contributed by atoms with Gasteiger partial charge >= 0.3 is 0 Å². The van der Waals surface area contributed by atoms with E-state index in [0.717, 1.165) is 0 Å². The third-order valence-electron chi connectivity index (χ3n) is 2.56. The van der Waals surface area contributed by atoms with E-state index >= 15 is 0 Å². The molecule has 0 aliphatic carbocycles. The average Bonchev–Trinajstić information content (AvgIpc) is 2.96. The molecule has 2 aromatic rings. The van der Waals surface area contributed by atoms with Crippen LogP contribution in [0.25, 0.3) is 17.0 Å². The molecule has 0 fully saturated rings. The number of anilines is 1. The largest absolute Gasteiger partial charge is 0.473 e. The summed E-state index contributed by atoms with van der Waals surface area (Å²) in [5.41, 5.74) is 6.90. The zero-order chi connectivity index (χ0) is 11.1. The number of nitrogens with zero attached hydrogens (tertiary/aromatic N) is 3. The van der Waals surface area contributed by atoms with Crippen LogP contribution < -0.4 is 5.73 Å². The topological polar surface area (TPSA) is 102 Å². The van der Waals surface area contributed by atoms with Crippen LogP contribution in [0, 0.1) is 0 Å². The molecule has 84 valence electrons. The number of hydrogen-bond donors (Lipinski definition) is 3. The summed E-state index contributed by atoms with van der Waals surface area (Å²) in [6.07, 6.45) is 4.01. The van der Waals surface area contributed by atoms with Crippen LogP contribution in [0.2, 0.25) is 0 Å². The molecule has 16 heavy (non-hydrogen) atoms. The number of H-pyrrole nitrogens is 1. The average molecular weight is 221 g/mol. The van der Waals surface area contributed by atoms with Crippen LogP contribution in [0.1, 0.15) is 6.42 Å². The third-order valence-corrected chi connectivity index (χ3v) is 2.56. The number of aliphatic hydroxyl groups excluding tert-OH is 1. The molecule has 0 saturated heterocycles. The van der Waals surface area contributed by atoms with Gasteiger partial charge in [0.25, 0.3) is 0 Å². The van der Waals surface area contributed by atoms with E-state index in [1.807, 2.05) is 6.08 Å². The summed E-state index contributed by atoms with van der Waals surface area (Å²) >= 11 is 0. The van der Waals surface area contributed by atoms with Gasteiger partial charge < -0.3 is 15.6 Å². The minimum Gasteiger partial charge on any atom is -0.473 e. The molecule has 0 saturated carbocycles. The molecular weight excluding hydrogens is 210 g/mol. The number of fused-ring (bicyclic) bond motifs is 1. The number of rotatable bonds is 2. The number of imidazole rings is 1. The molecule has 3 heterocycles. The zero-order valence-electron chi connectivity index (χ0n) is 8.42. The number of nitrogens with one attached hydrogen (secondary N) is 1. The first-order valence-corrected chi connectivity index (χ1v) is 4.94. The van der Waals surface area contributed by atoms with E-state index in [0.29, 0.717) is 29.3 Å². The van der Waals surface area contributed by atoms with Crippen molar-refractivity contribution in [2.24, 2.45) is 0 Å². The van der Waals surface area contributed by atoms with Crippen LogP contribution in [0.4, 0.5) is 5.82 Å². The van der Waals surface area contributed by atoms with Gasteiger partial charge in [0, 0.05) is 6.42 Å². The SMILES string of the molecule is Nc1[nH]nc2c1ncn2C1=CC[C@H](CO)O1. The lowest BCUT2D eigenvalue weighted by atomic mass is 10.3. The highest BCUT2D eigenvalue weighted by atomic mass is 16.5. The molecule has 1 aliphatic rings. The Kier molecular flexibility index (Phi) is 1.87. The highest BCUT2D eigenvalue weighted by Gasteiger charge is 2.21. The first-order chi connectivity index (χ1) is 7.79. The summed E-state index contributed by atoms with van der Waals surface area (Å²) in [7, 11) is 0. The standard InChI is InChI=1S/C9H11N5O2/c10-8-7-9(13-12-8)14(4-11-7)6-2-1-5(3-15)16-6/h2,4-5,15H,1,3H2,(H3,10,12,13)/t5-/m1/s1. The molecule has 3 rings (SSSR count). The Balaban J connectivity index is 2.01. The molecule has 7 nitrogen and oxygen atoms in total. The smallest absolute Gasteiger partial charge is 0.196 e. The van der Waals surface area contributed by atoms with Crippen LogP contribution in [0.5, 0.6) is 0 Å². The van der Waals surface area contributed by atoms with E-state index in [1.165, 1.54) is 0 Å². The van der Waals surface area contributed by atoms with Gasteiger partial charge in [-0.25, -0.2) is 4.98 Å². The van der Waals surface area contributed by atoms with E-state index in [-0.39, 0.29) is 12.7 Å². The molecule has 0 spiro atoms. The maximum atomic E-state index is 8.97. The normalized spacial score (nSPS) is 20.1. The summed E-state index contributed by atoms with van der Waals surface area (Å²) in [5.74, 6) is 1.07. The molecule has 1 atom stereocenters. The number of nitrogen functional groups attached to an aromatic ring is 1. The second kappa shape index (κ2) is 3.24. The number of aromatic nitrogens is 4. The molecule has 2 aromatic heterocycles. The fourth-order valence-electron chi connectivity index (χ4n) is 1.73. The number of hydrogen-bond acceptors (Lipinski definition) is 5. The molecule has 0 bridgehead atoms. The summed E-state index contributed by atoms with van der Waals surface area (Å²) in [4.78, 5) is 4.13. The minimum absolute atomic E-state index is 0.000540. The zero-order valence-corrected chi connectivity index (χ0v) is 8.42. The van der Waals surface area contributed by atoms with Crippen molar-refractivity contribution >= 4 is 22.9 Å². The maximum absolute atomic E-state index is 8.97. The Morgan fingerprint density at radius 2 is 2.56 bits per heavy atom. The van der Waals surface area contributed by atoms with E-state index in [4.69, 9.17) is 15.6 Å².